The minimum atomic E-state index is -4.72. The minimum absolute atomic E-state index is 0.173. The van der Waals surface area contributed by atoms with Crippen molar-refractivity contribution < 1.29 is 31.5 Å². The van der Waals surface area contributed by atoms with Crippen LogP contribution in [0.1, 0.15) is 43.9 Å². The van der Waals surface area contributed by atoms with Gasteiger partial charge in [0.15, 0.2) is 11.5 Å². The van der Waals surface area contributed by atoms with Gasteiger partial charge in [-0.05, 0) is 49.6 Å². The summed E-state index contributed by atoms with van der Waals surface area (Å²) in [6.45, 7) is 4.14. The third kappa shape index (κ3) is 4.79. The number of amides is 1. The van der Waals surface area contributed by atoms with Gasteiger partial charge in [0.25, 0.3) is 0 Å². The summed E-state index contributed by atoms with van der Waals surface area (Å²) in [5.74, 6) is -0.990. The number of rotatable bonds is 3. The van der Waals surface area contributed by atoms with Crippen LogP contribution in [-0.4, -0.2) is 48.1 Å². The zero-order chi connectivity index (χ0) is 26.7. The topological polar surface area (TPSA) is 41.9 Å². The second kappa shape index (κ2) is 8.87. The van der Waals surface area contributed by atoms with Crippen molar-refractivity contribution in [2.45, 2.75) is 50.1 Å². The zero-order valence-electron chi connectivity index (χ0n) is 19.6. The highest BCUT2D eigenvalue weighted by Gasteiger charge is 2.58. The smallest absolute Gasteiger partial charge is 0.410 e. The lowest BCUT2D eigenvalue weighted by molar-refractivity contribution is -0.183. The average Bonchev–Trinajstić information content (AvgIpc) is 3.21. The van der Waals surface area contributed by atoms with Gasteiger partial charge in [-0.3, -0.25) is 4.99 Å². The Morgan fingerprint density at radius 2 is 1.58 bits per heavy atom. The number of carbonyl (C=O) groups excluding carboxylic acids is 1. The molecule has 11 heteroatoms. The van der Waals surface area contributed by atoms with Crippen molar-refractivity contribution in [2.75, 3.05) is 19.6 Å². The Bertz CT molecular complexity index is 1200. The van der Waals surface area contributed by atoms with Crippen LogP contribution in [0.15, 0.2) is 41.4 Å². The monoisotopic (exact) mass is 548 g/mol. The highest BCUT2D eigenvalue weighted by molar-refractivity contribution is 6.35. The first kappa shape index (κ1) is 26.7. The number of halogens is 7. The van der Waals surface area contributed by atoms with Gasteiger partial charge in [-0.2, -0.15) is 13.2 Å². The predicted octanol–water partition coefficient (Wildman–Crippen LogP) is 7.24. The van der Waals surface area contributed by atoms with Crippen molar-refractivity contribution in [2.24, 2.45) is 4.99 Å². The molecular weight excluding hydrogens is 526 g/mol. The average molecular weight is 549 g/mol. The molecule has 1 atom stereocenters. The molecule has 0 aliphatic carbocycles. The Hall–Kier alpha value is -2.39. The molecule has 0 saturated carbocycles. The molecule has 2 aromatic rings. The second-order valence-electron chi connectivity index (χ2n) is 10.2. The maximum absolute atomic E-state index is 15.3. The molecule has 2 heterocycles. The van der Waals surface area contributed by atoms with Crippen molar-refractivity contribution in [3.63, 3.8) is 0 Å². The van der Waals surface area contributed by atoms with E-state index in [0.29, 0.717) is 11.1 Å². The summed E-state index contributed by atoms with van der Waals surface area (Å²) >= 11 is 11.5. The summed E-state index contributed by atoms with van der Waals surface area (Å²) in [4.78, 5) is 17.5. The van der Waals surface area contributed by atoms with E-state index < -0.39 is 57.8 Å². The molecular formula is C25H23Cl2F5N2O2. The molecule has 1 saturated heterocycles. The van der Waals surface area contributed by atoms with Gasteiger partial charge in [0, 0.05) is 12.1 Å². The fraction of sp³-hybridized carbons (Fsp3) is 0.440. The van der Waals surface area contributed by atoms with Crippen LogP contribution < -0.4 is 0 Å². The van der Waals surface area contributed by atoms with E-state index in [9.17, 15) is 22.4 Å². The van der Waals surface area contributed by atoms with E-state index in [1.165, 1.54) is 29.2 Å². The Kier molecular flexibility index (Phi) is 6.57. The SMILES string of the molecule is CC(C)(C)OC(=O)N1CC(F)(c2ccc(C3=NCC(c4cc(Cl)c(F)c(Cl)c4)(C(F)(F)F)C3)cc2)C1. The largest absolute Gasteiger partial charge is 0.444 e. The molecule has 2 aliphatic rings. The van der Waals surface area contributed by atoms with Crippen molar-refractivity contribution >= 4 is 35.0 Å². The molecule has 1 amide bonds. The van der Waals surface area contributed by atoms with Crippen LogP contribution in [0.2, 0.25) is 10.0 Å². The molecule has 4 rings (SSSR count). The first-order valence-corrected chi connectivity index (χ1v) is 11.8. The number of alkyl halides is 4. The Balaban J connectivity index is 1.52. The van der Waals surface area contributed by atoms with Crippen LogP contribution in [0.5, 0.6) is 0 Å². The molecule has 2 aliphatic heterocycles. The maximum atomic E-state index is 15.3. The van der Waals surface area contributed by atoms with Gasteiger partial charge >= 0.3 is 12.3 Å². The summed E-state index contributed by atoms with van der Waals surface area (Å²) in [5, 5.41) is -1.01. The summed E-state index contributed by atoms with van der Waals surface area (Å²) < 4.78 is 77.3. The number of nitrogens with zero attached hydrogens (tertiary/aromatic N) is 2. The van der Waals surface area contributed by atoms with Crippen LogP contribution in [0.3, 0.4) is 0 Å². The van der Waals surface area contributed by atoms with Crippen LogP contribution in [0.4, 0.5) is 26.7 Å². The van der Waals surface area contributed by atoms with Crippen molar-refractivity contribution in [3.05, 3.63) is 69.0 Å². The molecule has 0 aromatic heterocycles. The maximum Gasteiger partial charge on any atom is 0.410 e. The summed E-state index contributed by atoms with van der Waals surface area (Å²) in [7, 11) is 0. The first-order valence-electron chi connectivity index (χ1n) is 11.1. The number of carbonyl (C=O) groups is 1. The molecule has 1 unspecified atom stereocenters. The van der Waals surface area contributed by atoms with E-state index in [1.807, 2.05) is 0 Å². The van der Waals surface area contributed by atoms with E-state index in [1.54, 1.807) is 20.8 Å². The quantitative estimate of drug-likeness (QED) is 0.299. The van der Waals surface area contributed by atoms with E-state index in [0.717, 1.165) is 12.1 Å². The predicted molar refractivity (Wildman–Crippen MR) is 127 cm³/mol. The van der Waals surface area contributed by atoms with Crippen LogP contribution >= 0.6 is 23.2 Å². The number of hydrogen-bond acceptors (Lipinski definition) is 3. The van der Waals surface area contributed by atoms with Gasteiger partial charge < -0.3 is 9.64 Å². The molecule has 4 nitrogen and oxygen atoms in total. The lowest BCUT2D eigenvalue weighted by Gasteiger charge is -2.44. The fourth-order valence-electron chi connectivity index (χ4n) is 4.36. The van der Waals surface area contributed by atoms with Crippen LogP contribution in [0, 0.1) is 5.82 Å². The first-order chi connectivity index (χ1) is 16.5. The lowest BCUT2D eigenvalue weighted by Crippen LogP contribution is -2.59. The van der Waals surface area contributed by atoms with Crippen LogP contribution in [0.25, 0.3) is 0 Å². The lowest BCUT2D eigenvalue weighted by atomic mass is 9.76. The molecule has 0 spiro atoms. The molecule has 0 radical (unpaired) electrons. The van der Waals surface area contributed by atoms with Gasteiger partial charge in [0.2, 0.25) is 0 Å². The van der Waals surface area contributed by atoms with Crippen molar-refractivity contribution in [1.29, 1.82) is 0 Å². The summed E-state index contributed by atoms with van der Waals surface area (Å²) in [6.07, 6.45) is -5.85. The van der Waals surface area contributed by atoms with E-state index in [-0.39, 0.29) is 24.4 Å². The minimum Gasteiger partial charge on any atom is -0.444 e. The highest BCUT2D eigenvalue weighted by Crippen LogP contribution is 2.49. The second-order valence-corrected chi connectivity index (χ2v) is 11.0. The molecule has 2 aromatic carbocycles. The Morgan fingerprint density at radius 1 is 1.03 bits per heavy atom. The number of benzene rings is 2. The molecule has 0 N–H and O–H groups in total. The van der Waals surface area contributed by atoms with Gasteiger partial charge in [0.1, 0.15) is 11.0 Å². The number of likely N-dealkylation sites (tertiary alicyclic amines) is 1. The number of aliphatic imine (C=N–C) groups is 1. The number of hydrogen-bond donors (Lipinski definition) is 0. The summed E-state index contributed by atoms with van der Waals surface area (Å²) in [6, 6.07) is 7.81. The van der Waals surface area contributed by atoms with Crippen molar-refractivity contribution in [1.82, 2.24) is 4.90 Å². The van der Waals surface area contributed by atoms with E-state index in [4.69, 9.17) is 27.9 Å². The third-order valence-electron chi connectivity index (χ3n) is 6.36. The van der Waals surface area contributed by atoms with E-state index in [2.05, 4.69) is 4.99 Å². The van der Waals surface area contributed by atoms with Crippen LogP contribution in [-0.2, 0) is 15.8 Å². The van der Waals surface area contributed by atoms with Crippen molar-refractivity contribution in [3.8, 4) is 0 Å². The van der Waals surface area contributed by atoms with Gasteiger partial charge in [0.05, 0.1) is 29.7 Å². The Morgan fingerprint density at radius 3 is 2.08 bits per heavy atom. The fourth-order valence-corrected chi connectivity index (χ4v) is 4.85. The molecule has 1 fully saturated rings. The number of ether oxygens (including phenoxy) is 1. The molecule has 194 valence electrons. The molecule has 0 bridgehead atoms. The van der Waals surface area contributed by atoms with Gasteiger partial charge in [-0.1, -0.05) is 47.5 Å². The normalized spacial score (nSPS) is 21.7. The standard InChI is InChI=1S/C25H23Cl2F5N2O2/c1-22(2,3)36-21(35)34-12-24(29,13-34)15-6-4-14(5-7-15)19-10-23(11-33-19,25(30,31)32)16-8-17(26)20(28)18(27)9-16/h4-9H,10-13H2,1-3H3. The zero-order valence-corrected chi connectivity index (χ0v) is 21.2. The summed E-state index contributed by atoms with van der Waals surface area (Å²) in [5.41, 5.74) is -4.32. The van der Waals surface area contributed by atoms with E-state index >= 15 is 4.39 Å². The third-order valence-corrected chi connectivity index (χ3v) is 6.91. The highest BCUT2D eigenvalue weighted by atomic mass is 35.5. The van der Waals surface area contributed by atoms with Gasteiger partial charge in [-0.15, -0.1) is 0 Å². The molecule has 36 heavy (non-hydrogen) atoms. The van der Waals surface area contributed by atoms with Gasteiger partial charge in [-0.25, -0.2) is 13.6 Å². The Labute approximate surface area is 215 Å².